The average molecular weight is 362 g/mol. The van der Waals surface area contributed by atoms with Gasteiger partial charge in [-0.1, -0.05) is 18.9 Å². The molecule has 0 aromatic heterocycles. The molecule has 0 spiro atoms. The van der Waals surface area contributed by atoms with Crippen LogP contribution < -0.4 is 10.0 Å². The van der Waals surface area contributed by atoms with Gasteiger partial charge in [-0.15, -0.1) is 0 Å². The topological polar surface area (TPSA) is 75.3 Å². The summed E-state index contributed by atoms with van der Waals surface area (Å²) in [5, 5.41) is 2.95. The summed E-state index contributed by atoms with van der Waals surface area (Å²) in [7, 11) is -3.84. The minimum absolute atomic E-state index is 0.00850. The van der Waals surface area contributed by atoms with Crippen molar-refractivity contribution in [3.05, 3.63) is 59.9 Å². The fourth-order valence-corrected chi connectivity index (χ4v) is 3.94. The molecule has 5 nitrogen and oxygen atoms in total. The summed E-state index contributed by atoms with van der Waals surface area (Å²) in [5.41, 5.74) is 0.555. The lowest BCUT2D eigenvalue weighted by atomic mass is 10.2. The third-order valence-electron chi connectivity index (χ3n) is 4.19. The molecule has 1 saturated carbocycles. The number of hydrogen-bond acceptors (Lipinski definition) is 3. The SMILES string of the molecule is O=C(NC1CCCC1)c1ccc(S(=O)(=O)Nc2cccc(F)c2)cc1. The lowest BCUT2D eigenvalue weighted by Gasteiger charge is -2.12. The molecule has 1 amide bonds. The fourth-order valence-electron chi connectivity index (χ4n) is 2.89. The van der Waals surface area contributed by atoms with Gasteiger partial charge in [0.1, 0.15) is 5.82 Å². The molecule has 132 valence electrons. The smallest absolute Gasteiger partial charge is 0.261 e. The van der Waals surface area contributed by atoms with E-state index in [0.717, 1.165) is 31.7 Å². The van der Waals surface area contributed by atoms with E-state index < -0.39 is 15.8 Å². The maximum Gasteiger partial charge on any atom is 0.261 e. The van der Waals surface area contributed by atoms with Crippen molar-refractivity contribution < 1.29 is 17.6 Å². The molecule has 3 rings (SSSR count). The molecule has 1 aliphatic carbocycles. The van der Waals surface area contributed by atoms with Gasteiger partial charge in [-0.2, -0.15) is 0 Å². The lowest BCUT2D eigenvalue weighted by molar-refractivity contribution is 0.0938. The van der Waals surface area contributed by atoms with Crippen molar-refractivity contribution >= 4 is 21.6 Å². The highest BCUT2D eigenvalue weighted by atomic mass is 32.2. The van der Waals surface area contributed by atoms with Gasteiger partial charge in [0.2, 0.25) is 0 Å². The molecule has 2 N–H and O–H groups in total. The molecule has 1 aliphatic rings. The van der Waals surface area contributed by atoms with Crippen LogP contribution in [0, 0.1) is 5.82 Å². The van der Waals surface area contributed by atoms with E-state index in [1.807, 2.05) is 0 Å². The zero-order chi connectivity index (χ0) is 17.9. The molecule has 2 aromatic rings. The molecule has 0 atom stereocenters. The van der Waals surface area contributed by atoms with Gasteiger partial charge in [0, 0.05) is 11.6 Å². The van der Waals surface area contributed by atoms with E-state index in [-0.39, 0.29) is 22.5 Å². The molecule has 0 heterocycles. The Bertz CT molecular complexity index is 860. The first-order valence-electron chi connectivity index (χ1n) is 8.13. The summed E-state index contributed by atoms with van der Waals surface area (Å²) in [5.74, 6) is -0.729. The van der Waals surface area contributed by atoms with Crippen LogP contribution >= 0.6 is 0 Å². The number of carbonyl (C=O) groups excluding carboxylic acids is 1. The van der Waals surface area contributed by atoms with Crippen molar-refractivity contribution in [1.82, 2.24) is 5.32 Å². The highest BCUT2D eigenvalue weighted by Gasteiger charge is 2.19. The third kappa shape index (κ3) is 4.36. The van der Waals surface area contributed by atoms with Gasteiger partial charge in [-0.25, -0.2) is 12.8 Å². The van der Waals surface area contributed by atoms with Gasteiger partial charge in [0.15, 0.2) is 0 Å². The van der Waals surface area contributed by atoms with Crippen LogP contribution in [0.5, 0.6) is 0 Å². The quantitative estimate of drug-likeness (QED) is 0.857. The lowest BCUT2D eigenvalue weighted by Crippen LogP contribution is -2.32. The summed E-state index contributed by atoms with van der Waals surface area (Å²) in [6.07, 6.45) is 4.20. The number of amides is 1. The predicted octanol–water partition coefficient (Wildman–Crippen LogP) is 3.30. The van der Waals surface area contributed by atoms with Crippen LogP contribution in [0.25, 0.3) is 0 Å². The minimum Gasteiger partial charge on any atom is -0.349 e. The Balaban J connectivity index is 1.71. The first-order valence-corrected chi connectivity index (χ1v) is 9.62. The molecule has 0 saturated heterocycles. The highest BCUT2D eigenvalue weighted by Crippen LogP contribution is 2.20. The van der Waals surface area contributed by atoms with Crippen LogP contribution in [0.4, 0.5) is 10.1 Å². The Labute approximate surface area is 146 Å². The van der Waals surface area contributed by atoms with E-state index in [1.165, 1.54) is 42.5 Å². The number of sulfonamides is 1. The summed E-state index contributed by atoms with van der Waals surface area (Å²) in [4.78, 5) is 12.2. The Morgan fingerprint density at radius 2 is 1.72 bits per heavy atom. The van der Waals surface area contributed by atoms with Gasteiger partial charge in [0.05, 0.1) is 10.6 Å². The van der Waals surface area contributed by atoms with E-state index in [2.05, 4.69) is 10.0 Å². The van der Waals surface area contributed by atoms with Crippen molar-refractivity contribution in [2.45, 2.75) is 36.6 Å². The average Bonchev–Trinajstić information content (AvgIpc) is 3.07. The van der Waals surface area contributed by atoms with Gasteiger partial charge in [-0.3, -0.25) is 9.52 Å². The molecule has 25 heavy (non-hydrogen) atoms. The number of halogens is 1. The number of anilines is 1. The first kappa shape index (κ1) is 17.4. The Morgan fingerprint density at radius 1 is 1.04 bits per heavy atom. The molecule has 0 radical (unpaired) electrons. The van der Waals surface area contributed by atoms with Crippen LogP contribution in [0.2, 0.25) is 0 Å². The second-order valence-electron chi connectivity index (χ2n) is 6.10. The maximum absolute atomic E-state index is 13.2. The zero-order valence-corrected chi connectivity index (χ0v) is 14.4. The van der Waals surface area contributed by atoms with Crippen molar-refractivity contribution in [3.8, 4) is 0 Å². The second-order valence-corrected chi connectivity index (χ2v) is 7.78. The van der Waals surface area contributed by atoms with Gasteiger partial charge in [0.25, 0.3) is 15.9 Å². The first-order chi connectivity index (χ1) is 11.9. The molecule has 0 aliphatic heterocycles. The van der Waals surface area contributed by atoms with Crippen LogP contribution in [-0.2, 0) is 10.0 Å². The minimum atomic E-state index is -3.84. The van der Waals surface area contributed by atoms with E-state index in [4.69, 9.17) is 0 Å². The standard InChI is InChI=1S/C18H19FN2O3S/c19-14-4-3-7-16(12-14)21-25(23,24)17-10-8-13(9-11-17)18(22)20-15-5-1-2-6-15/h3-4,7-12,15,21H,1-2,5-6H2,(H,20,22). The van der Waals surface area contributed by atoms with Crippen LogP contribution in [0.1, 0.15) is 36.0 Å². The van der Waals surface area contributed by atoms with E-state index in [1.54, 1.807) is 0 Å². The van der Waals surface area contributed by atoms with Crippen molar-refractivity contribution in [2.75, 3.05) is 4.72 Å². The molecular weight excluding hydrogens is 343 g/mol. The molecule has 7 heteroatoms. The molecule has 0 bridgehead atoms. The van der Waals surface area contributed by atoms with Crippen LogP contribution in [0.15, 0.2) is 53.4 Å². The van der Waals surface area contributed by atoms with E-state index in [9.17, 15) is 17.6 Å². The van der Waals surface area contributed by atoms with Crippen LogP contribution in [0.3, 0.4) is 0 Å². The largest absolute Gasteiger partial charge is 0.349 e. The summed E-state index contributed by atoms with van der Waals surface area (Å²) in [6.45, 7) is 0. The van der Waals surface area contributed by atoms with Crippen LogP contribution in [-0.4, -0.2) is 20.4 Å². The second kappa shape index (κ2) is 7.23. The van der Waals surface area contributed by atoms with Crippen molar-refractivity contribution in [1.29, 1.82) is 0 Å². The molecule has 0 unspecified atom stereocenters. The highest BCUT2D eigenvalue weighted by molar-refractivity contribution is 7.92. The molecule has 1 fully saturated rings. The third-order valence-corrected chi connectivity index (χ3v) is 5.59. The number of rotatable bonds is 5. The van der Waals surface area contributed by atoms with E-state index >= 15 is 0 Å². The van der Waals surface area contributed by atoms with Gasteiger partial charge >= 0.3 is 0 Å². The molecule has 2 aromatic carbocycles. The zero-order valence-electron chi connectivity index (χ0n) is 13.5. The fraction of sp³-hybridized carbons (Fsp3) is 0.278. The monoisotopic (exact) mass is 362 g/mol. The number of benzene rings is 2. The summed E-state index contributed by atoms with van der Waals surface area (Å²) < 4.78 is 40.2. The Hall–Kier alpha value is -2.41. The number of carbonyl (C=O) groups is 1. The van der Waals surface area contributed by atoms with Gasteiger partial charge in [-0.05, 0) is 55.3 Å². The Kier molecular flexibility index (Phi) is 5.03. The van der Waals surface area contributed by atoms with Crippen molar-refractivity contribution in [2.24, 2.45) is 0 Å². The normalized spacial score (nSPS) is 15.1. The predicted molar refractivity (Wildman–Crippen MR) is 93.4 cm³/mol. The van der Waals surface area contributed by atoms with Gasteiger partial charge < -0.3 is 5.32 Å². The maximum atomic E-state index is 13.2. The number of hydrogen-bond donors (Lipinski definition) is 2. The molecular formula is C18H19FN2O3S. The number of nitrogens with one attached hydrogen (secondary N) is 2. The summed E-state index contributed by atoms with van der Waals surface area (Å²) >= 11 is 0. The Morgan fingerprint density at radius 3 is 2.36 bits per heavy atom. The summed E-state index contributed by atoms with van der Waals surface area (Å²) in [6, 6.07) is 11.1. The van der Waals surface area contributed by atoms with Crippen molar-refractivity contribution in [3.63, 3.8) is 0 Å². The van der Waals surface area contributed by atoms with E-state index in [0.29, 0.717) is 5.56 Å².